The zero-order valence-corrected chi connectivity index (χ0v) is 7.59. The van der Waals surface area contributed by atoms with Crippen LogP contribution in [0.1, 0.15) is 26.7 Å². The molecule has 0 spiro atoms. The summed E-state index contributed by atoms with van der Waals surface area (Å²) in [5, 5.41) is 0. The Morgan fingerprint density at radius 1 is 1.50 bits per heavy atom. The van der Waals surface area contributed by atoms with Gasteiger partial charge in [-0.15, -0.1) is 0 Å². The molecule has 0 aromatic heterocycles. The number of carbonyl (C=O) groups excluding carboxylic acids is 1. The first-order valence-electron chi connectivity index (χ1n) is 4.57. The minimum atomic E-state index is -0.102. The van der Waals surface area contributed by atoms with E-state index in [0.29, 0.717) is 18.4 Å². The normalized spacial score (nSPS) is 35.0. The summed E-state index contributed by atoms with van der Waals surface area (Å²) in [5.74, 6) is 1.13. The van der Waals surface area contributed by atoms with E-state index in [4.69, 9.17) is 4.74 Å². The van der Waals surface area contributed by atoms with Crippen LogP contribution in [0.3, 0.4) is 0 Å². The van der Waals surface area contributed by atoms with Crippen molar-refractivity contribution in [2.45, 2.75) is 26.7 Å². The molecule has 0 aromatic carbocycles. The Morgan fingerprint density at radius 2 is 2.25 bits per heavy atom. The highest BCUT2D eigenvalue weighted by atomic mass is 16.5. The van der Waals surface area contributed by atoms with Crippen molar-refractivity contribution < 1.29 is 9.53 Å². The van der Waals surface area contributed by atoms with Crippen LogP contribution in [0.5, 0.6) is 0 Å². The van der Waals surface area contributed by atoms with Crippen LogP contribution < -0.4 is 0 Å². The van der Waals surface area contributed by atoms with Crippen molar-refractivity contribution in [1.29, 1.82) is 0 Å². The molecule has 0 radical (unpaired) electrons. The summed E-state index contributed by atoms with van der Waals surface area (Å²) < 4.78 is 5.08. The van der Waals surface area contributed by atoms with Crippen LogP contribution in [0.15, 0.2) is 11.1 Å². The molecule has 2 heteroatoms. The third-order valence-electron chi connectivity index (χ3n) is 3.19. The molecule has 2 atom stereocenters. The summed E-state index contributed by atoms with van der Waals surface area (Å²) in [6.07, 6.45) is 2.32. The van der Waals surface area contributed by atoms with E-state index in [2.05, 4.69) is 6.92 Å². The number of ether oxygens (including phenoxy) is 1. The zero-order valence-electron chi connectivity index (χ0n) is 7.59. The molecule has 1 aliphatic carbocycles. The first-order valence-corrected chi connectivity index (χ1v) is 4.57. The number of fused-ring (bicyclic) bond motifs is 1. The number of carbonyl (C=O) groups is 1. The van der Waals surface area contributed by atoms with Crippen molar-refractivity contribution in [3.8, 4) is 0 Å². The molecular formula is C10H14O2. The van der Waals surface area contributed by atoms with Crippen molar-refractivity contribution in [2.75, 3.05) is 6.61 Å². The zero-order chi connectivity index (χ0) is 8.72. The Hall–Kier alpha value is -0.790. The van der Waals surface area contributed by atoms with Crippen LogP contribution in [0.4, 0.5) is 0 Å². The molecule has 0 saturated heterocycles. The second kappa shape index (κ2) is 2.61. The van der Waals surface area contributed by atoms with Crippen LogP contribution >= 0.6 is 0 Å². The van der Waals surface area contributed by atoms with Gasteiger partial charge in [0.15, 0.2) is 0 Å². The van der Waals surface area contributed by atoms with Gasteiger partial charge in [0.05, 0.1) is 6.61 Å². The standard InChI is InChI=1S/C10H14O2/c1-6-3-4-8-7(2)10(11)12-5-9(6)8/h6,9H,3-5H2,1-2H3/t6-,9+/m0/s1. The number of esters is 1. The van der Waals surface area contributed by atoms with E-state index in [9.17, 15) is 4.79 Å². The Bertz CT molecular complexity index is 253. The lowest BCUT2D eigenvalue weighted by Gasteiger charge is -2.23. The van der Waals surface area contributed by atoms with Crippen molar-refractivity contribution in [2.24, 2.45) is 11.8 Å². The monoisotopic (exact) mass is 166 g/mol. The lowest BCUT2D eigenvalue weighted by Crippen LogP contribution is -2.24. The lowest BCUT2D eigenvalue weighted by atomic mass is 9.91. The van der Waals surface area contributed by atoms with Crippen LogP contribution in [0.25, 0.3) is 0 Å². The van der Waals surface area contributed by atoms with E-state index < -0.39 is 0 Å². The highest BCUT2D eigenvalue weighted by Crippen LogP contribution is 2.40. The van der Waals surface area contributed by atoms with Gasteiger partial charge < -0.3 is 4.74 Å². The SMILES string of the molecule is CC1=C2CC[C@H](C)[C@H]2COC1=O. The number of hydrogen-bond donors (Lipinski definition) is 0. The average Bonchev–Trinajstić information content (AvgIpc) is 2.41. The van der Waals surface area contributed by atoms with Gasteiger partial charge in [0, 0.05) is 11.5 Å². The van der Waals surface area contributed by atoms with E-state index in [1.165, 1.54) is 12.0 Å². The van der Waals surface area contributed by atoms with Gasteiger partial charge in [-0.3, -0.25) is 0 Å². The van der Waals surface area contributed by atoms with Gasteiger partial charge in [-0.1, -0.05) is 12.5 Å². The predicted molar refractivity (Wildman–Crippen MR) is 45.5 cm³/mol. The maximum absolute atomic E-state index is 11.2. The molecule has 66 valence electrons. The highest BCUT2D eigenvalue weighted by Gasteiger charge is 2.35. The van der Waals surface area contributed by atoms with E-state index >= 15 is 0 Å². The van der Waals surface area contributed by atoms with E-state index in [1.54, 1.807) is 0 Å². The minimum absolute atomic E-state index is 0.102. The van der Waals surface area contributed by atoms with Crippen molar-refractivity contribution in [3.63, 3.8) is 0 Å². The third kappa shape index (κ3) is 0.977. The van der Waals surface area contributed by atoms with Crippen molar-refractivity contribution in [3.05, 3.63) is 11.1 Å². The molecule has 1 saturated carbocycles. The average molecular weight is 166 g/mol. The molecule has 1 heterocycles. The summed E-state index contributed by atoms with van der Waals surface area (Å²) in [7, 11) is 0. The molecule has 0 N–H and O–H groups in total. The van der Waals surface area contributed by atoms with Gasteiger partial charge in [0.25, 0.3) is 0 Å². The molecule has 12 heavy (non-hydrogen) atoms. The molecule has 2 aliphatic rings. The van der Waals surface area contributed by atoms with Gasteiger partial charge in [-0.2, -0.15) is 0 Å². The van der Waals surface area contributed by atoms with Gasteiger partial charge >= 0.3 is 5.97 Å². The second-order valence-electron chi connectivity index (χ2n) is 3.87. The van der Waals surface area contributed by atoms with E-state index in [0.717, 1.165) is 12.0 Å². The van der Waals surface area contributed by atoms with Crippen molar-refractivity contribution in [1.82, 2.24) is 0 Å². The minimum Gasteiger partial charge on any atom is -0.462 e. The van der Waals surface area contributed by atoms with Crippen LogP contribution in [-0.4, -0.2) is 12.6 Å². The topological polar surface area (TPSA) is 26.3 Å². The molecular weight excluding hydrogens is 152 g/mol. The highest BCUT2D eigenvalue weighted by molar-refractivity contribution is 5.89. The molecule has 0 amide bonds. The molecule has 1 aliphatic heterocycles. The predicted octanol–water partition coefficient (Wildman–Crippen LogP) is 1.91. The molecule has 2 nitrogen and oxygen atoms in total. The first-order chi connectivity index (χ1) is 5.70. The maximum atomic E-state index is 11.2. The second-order valence-corrected chi connectivity index (χ2v) is 3.87. The quantitative estimate of drug-likeness (QED) is 0.514. The fraction of sp³-hybridized carbons (Fsp3) is 0.700. The van der Waals surface area contributed by atoms with Gasteiger partial charge in [0.2, 0.25) is 0 Å². The lowest BCUT2D eigenvalue weighted by molar-refractivity contribution is -0.141. The summed E-state index contributed by atoms with van der Waals surface area (Å²) in [6.45, 7) is 4.75. The summed E-state index contributed by atoms with van der Waals surface area (Å²) in [4.78, 5) is 11.2. The summed E-state index contributed by atoms with van der Waals surface area (Å²) in [5.41, 5.74) is 2.23. The van der Waals surface area contributed by atoms with Crippen LogP contribution in [-0.2, 0) is 9.53 Å². The Labute approximate surface area is 72.6 Å². The molecule has 2 rings (SSSR count). The van der Waals surface area contributed by atoms with E-state index in [-0.39, 0.29) is 5.97 Å². The van der Waals surface area contributed by atoms with Crippen molar-refractivity contribution >= 4 is 5.97 Å². The van der Waals surface area contributed by atoms with Crippen LogP contribution in [0.2, 0.25) is 0 Å². The Balaban J connectivity index is 2.35. The third-order valence-corrected chi connectivity index (χ3v) is 3.19. The maximum Gasteiger partial charge on any atom is 0.333 e. The van der Waals surface area contributed by atoms with Gasteiger partial charge in [0.1, 0.15) is 0 Å². The summed E-state index contributed by atoms with van der Waals surface area (Å²) in [6, 6.07) is 0. The largest absolute Gasteiger partial charge is 0.462 e. The molecule has 1 fully saturated rings. The number of rotatable bonds is 0. The first kappa shape index (κ1) is 7.84. The van der Waals surface area contributed by atoms with E-state index in [1.807, 2.05) is 6.92 Å². The summed E-state index contributed by atoms with van der Waals surface area (Å²) >= 11 is 0. The molecule has 0 aromatic rings. The number of hydrogen-bond acceptors (Lipinski definition) is 2. The smallest absolute Gasteiger partial charge is 0.333 e. The molecule has 0 bridgehead atoms. The number of cyclic esters (lactones) is 1. The molecule has 0 unspecified atom stereocenters. The van der Waals surface area contributed by atoms with Gasteiger partial charge in [-0.25, -0.2) is 4.79 Å². The Morgan fingerprint density at radius 3 is 3.00 bits per heavy atom. The Kier molecular flexibility index (Phi) is 1.71. The fourth-order valence-electron chi connectivity index (χ4n) is 2.25. The fourth-order valence-corrected chi connectivity index (χ4v) is 2.25. The van der Waals surface area contributed by atoms with Crippen LogP contribution in [0, 0.1) is 11.8 Å². The van der Waals surface area contributed by atoms with Gasteiger partial charge in [-0.05, 0) is 25.7 Å².